The highest BCUT2D eigenvalue weighted by Crippen LogP contribution is 2.10. The number of carbonyl (C=O) groups is 1. The molecule has 1 aliphatic heterocycles. The fourth-order valence-electron chi connectivity index (χ4n) is 2.30. The van der Waals surface area contributed by atoms with Crippen molar-refractivity contribution in [2.45, 2.75) is 12.5 Å². The Kier molecular flexibility index (Phi) is 5.83. The summed E-state index contributed by atoms with van der Waals surface area (Å²) in [5, 5.41) is 9.41. The van der Waals surface area contributed by atoms with E-state index in [0.717, 1.165) is 32.6 Å². The van der Waals surface area contributed by atoms with E-state index in [1.165, 1.54) is 5.69 Å². The van der Waals surface area contributed by atoms with Crippen LogP contribution < -0.4 is 20.9 Å². The summed E-state index contributed by atoms with van der Waals surface area (Å²) in [5.74, 6) is 0.0968. The van der Waals surface area contributed by atoms with Crippen molar-refractivity contribution in [2.75, 3.05) is 44.7 Å². The maximum Gasteiger partial charge on any atom is 0.238 e. The molecule has 5 heteroatoms. The van der Waals surface area contributed by atoms with Crippen molar-refractivity contribution >= 4 is 11.6 Å². The minimum atomic E-state index is -0.0874. The molecule has 1 amide bonds. The summed E-state index contributed by atoms with van der Waals surface area (Å²) in [6, 6.07) is 10.2. The van der Waals surface area contributed by atoms with Crippen LogP contribution in [-0.2, 0) is 4.79 Å². The number of amides is 1. The molecule has 1 fully saturated rings. The van der Waals surface area contributed by atoms with E-state index in [4.69, 9.17) is 0 Å². The van der Waals surface area contributed by atoms with Crippen molar-refractivity contribution < 1.29 is 4.79 Å². The van der Waals surface area contributed by atoms with Crippen LogP contribution >= 0.6 is 0 Å². The lowest BCUT2D eigenvalue weighted by Crippen LogP contribution is -2.55. The highest BCUT2D eigenvalue weighted by atomic mass is 16.2. The maximum absolute atomic E-state index is 11.9. The molecule has 110 valence electrons. The van der Waals surface area contributed by atoms with Gasteiger partial charge in [-0.1, -0.05) is 18.2 Å². The normalized spacial score (nSPS) is 18.6. The highest BCUT2D eigenvalue weighted by molar-refractivity contribution is 5.82. The highest BCUT2D eigenvalue weighted by Gasteiger charge is 2.19. The van der Waals surface area contributed by atoms with Crippen LogP contribution in [0.3, 0.4) is 0 Å². The van der Waals surface area contributed by atoms with Crippen LogP contribution in [0.1, 0.15) is 6.42 Å². The number of rotatable bonds is 6. The Labute approximate surface area is 120 Å². The molecule has 1 aliphatic rings. The molecule has 0 aliphatic carbocycles. The quantitative estimate of drug-likeness (QED) is 0.649. The average Bonchev–Trinajstić information content (AvgIpc) is 2.53. The van der Waals surface area contributed by atoms with Crippen molar-refractivity contribution in [2.24, 2.45) is 0 Å². The molecule has 1 heterocycles. The molecule has 1 atom stereocenters. The molecule has 2 rings (SSSR count). The Morgan fingerprint density at radius 1 is 1.35 bits per heavy atom. The number of hydrogen-bond acceptors (Lipinski definition) is 4. The molecule has 0 spiro atoms. The first-order chi connectivity index (χ1) is 9.77. The van der Waals surface area contributed by atoms with Gasteiger partial charge in [0.2, 0.25) is 5.91 Å². The van der Waals surface area contributed by atoms with Gasteiger partial charge in [0.15, 0.2) is 0 Å². The fourth-order valence-corrected chi connectivity index (χ4v) is 2.30. The van der Waals surface area contributed by atoms with Gasteiger partial charge in [-0.2, -0.15) is 0 Å². The lowest BCUT2D eigenvalue weighted by Gasteiger charge is -2.24. The predicted octanol–water partition coefficient (Wildman–Crippen LogP) is 0.191. The van der Waals surface area contributed by atoms with Crippen LogP contribution in [0.5, 0.6) is 0 Å². The SMILES string of the molecule is CN(CCCNC(=O)C1CNCCN1)c1ccccc1. The molecule has 1 aromatic carbocycles. The van der Waals surface area contributed by atoms with Crippen molar-refractivity contribution in [3.63, 3.8) is 0 Å². The number of para-hydroxylation sites is 1. The number of hydrogen-bond donors (Lipinski definition) is 3. The number of nitrogens with one attached hydrogen (secondary N) is 3. The first-order valence-corrected chi connectivity index (χ1v) is 7.25. The monoisotopic (exact) mass is 276 g/mol. The third kappa shape index (κ3) is 4.51. The summed E-state index contributed by atoms with van der Waals surface area (Å²) in [5.41, 5.74) is 1.21. The zero-order valence-corrected chi connectivity index (χ0v) is 12.1. The third-order valence-corrected chi connectivity index (χ3v) is 3.52. The van der Waals surface area contributed by atoms with Gasteiger partial charge in [0.25, 0.3) is 0 Å². The van der Waals surface area contributed by atoms with Gasteiger partial charge in [0.1, 0.15) is 0 Å². The lowest BCUT2D eigenvalue weighted by atomic mass is 10.2. The second kappa shape index (κ2) is 7.87. The lowest BCUT2D eigenvalue weighted by molar-refractivity contribution is -0.123. The Hall–Kier alpha value is -1.59. The van der Waals surface area contributed by atoms with Crippen LogP contribution in [0.25, 0.3) is 0 Å². The minimum absolute atomic E-state index is 0.0874. The summed E-state index contributed by atoms with van der Waals surface area (Å²) in [6.07, 6.45) is 0.942. The van der Waals surface area contributed by atoms with Crippen molar-refractivity contribution in [1.82, 2.24) is 16.0 Å². The van der Waals surface area contributed by atoms with Gasteiger partial charge < -0.3 is 20.9 Å². The molecule has 0 saturated carbocycles. The molecule has 0 bridgehead atoms. The van der Waals surface area contributed by atoms with Crippen LogP contribution in [-0.4, -0.2) is 51.7 Å². The van der Waals surface area contributed by atoms with Crippen LogP contribution in [0.15, 0.2) is 30.3 Å². The number of nitrogens with zero attached hydrogens (tertiary/aromatic N) is 1. The minimum Gasteiger partial charge on any atom is -0.375 e. The number of piperazine rings is 1. The summed E-state index contributed by atoms with van der Waals surface area (Å²) in [7, 11) is 2.07. The molecular formula is C15H24N4O. The van der Waals surface area contributed by atoms with Gasteiger partial charge in [-0.3, -0.25) is 4.79 Å². The standard InChI is InChI=1S/C15H24N4O/c1-19(13-6-3-2-4-7-13)11-5-8-18-15(20)14-12-16-9-10-17-14/h2-4,6-7,14,16-17H,5,8-12H2,1H3,(H,18,20). The molecule has 0 radical (unpaired) electrons. The van der Waals surface area contributed by atoms with Crippen LogP contribution in [0, 0.1) is 0 Å². The molecule has 5 nitrogen and oxygen atoms in total. The first-order valence-electron chi connectivity index (χ1n) is 7.25. The molecule has 1 unspecified atom stereocenters. The second-order valence-corrected chi connectivity index (χ2v) is 5.11. The van der Waals surface area contributed by atoms with E-state index in [2.05, 4.69) is 40.0 Å². The number of carbonyl (C=O) groups excluding carboxylic acids is 1. The number of anilines is 1. The van der Waals surface area contributed by atoms with Gasteiger partial charge in [-0.15, -0.1) is 0 Å². The third-order valence-electron chi connectivity index (χ3n) is 3.52. The van der Waals surface area contributed by atoms with E-state index < -0.39 is 0 Å². The largest absolute Gasteiger partial charge is 0.375 e. The van der Waals surface area contributed by atoms with E-state index in [9.17, 15) is 4.79 Å². The van der Waals surface area contributed by atoms with Gasteiger partial charge in [-0.05, 0) is 18.6 Å². The summed E-state index contributed by atoms with van der Waals surface area (Å²) < 4.78 is 0. The Balaban J connectivity index is 1.62. The van der Waals surface area contributed by atoms with Crippen molar-refractivity contribution in [1.29, 1.82) is 0 Å². The zero-order chi connectivity index (χ0) is 14.2. The van der Waals surface area contributed by atoms with Gasteiger partial charge in [0.05, 0.1) is 6.04 Å². The van der Waals surface area contributed by atoms with E-state index >= 15 is 0 Å². The van der Waals surface area contributed by atoms with E-state index in [1.54, 1.807) is 0 Å². The first kappa shape index (κ1) is 14.8. The van der Waals surface area contributed by atoms with Crippen molar-refractivity contribution in [3.05, 3.63) is 30.3 Å². The predicted molar refractivity (Wildman–Crippen MR) is 82.0 cm³/mol. The Morgan fingerprint density at radius 2 is 2.15 bits per heavy atom. The average molecular weight is 276 g/mol. The molecular weight excluding hydrogens is 252 g/mol. The van der Waals surface area contributed by atoms with E-state index in [1.807, 2.05) is 18.2 Å². The van der Waals surface area contributed by atoms with Gasteiger partial charge in [0, 0.05) is 45.5 Å². The molecule has 0 aromatic heterocycles. The molecule has 20 heavy (non-hydrogen) atoms. The van der Waals surface area contributed by atoms with E-state index in [0.29, 0.717) is 6.54 Å². The molecule has 1 saturated heterocycles. The molecule has 3 N–H and O–H groups in total. The second-order valence-electron chi connectivity index (χ2n) is 5.11. The van der Waals surface area contributed by atoms with E-state index in [-0.39, 0.29) is 11.9 Å². The summed E-state index contributed by atoms with van der Waals surface area (Å²) >= 11 is 0. The molecule has 1 aromatic rings. The number of benzene rings is 1. The Morgan fingerprint density at radius 3 is 2.85 bits per heavy atom. The smallest absolute Gasteiger partial charge is 0.238 e. The van der Waals surface area contributed by atoms with Crippen LogP contribution in [0.4, 0.5) is 5.69 Å². The fraction of sp³-hybridized carbons (Fsp3) is 0.533. The van der Waals surface area contributed by atoms with Crippen LogP contribution in [0.2, 0.25) is 0 Å². The topological polar surface area (TPSA) is 56.4 Å². The maximum atomic E-state index is 11.9. The van der Waals surface area contributed by atoms with Crippen molar-refractivity contribution in [3.8, 4) is 0 Å². The summed E-state index contributed by atoms with van der Waals surface area (Å²) in [6.45, 7) is 4.16. The van der Waals surface area contributed by atoms with Gasteiger partial charge >= 0.3 is 0 Å². The summed E-state index contributed by atoms with van der Waals surface area (Å²) in [4.78, 5) is 14.1. The van der Waals surface area contributed by atoms with Gasteiger partial charge in [-0.25, -0.2) is 0 Å². The Bertz CT molecular complexity index is 404. The zero-order valence-electron chi connectivity index (χ0n) is 12.1.